The van der Waals surface area contributed by atoms with E-state index in [0.717, 1.165) is 16.7 Å². The fourth-order valence-corrected chi connectivity index (χ4v) is 11.1. The van der Waals surface area contributed by atoms with Gasteiger partial charge in [0.1, 0.15) is 32.3 Å². The molecule has 0 amide bonds. The molecule has 0 heterocycles. The predicted molar refractivity (Wildman–Crippen MR) is 229 cm³/mol. The summed E-state index contributed by atoms with van der Waals surface area (Å²) in [6, 6.07) is 81.4. The van der Waals surface area contributed by atoms with Crippen molar-refractivity contribution in [3.8, 4) is 5.75 Å². The van der Waals surface area contributed by atoms with Gasteiger partial charge in [-0.15, -0.1) is 5.69 Å². The minimum absolute atomic E-state index is 0. The first kappa shape index (κ1) is 38.9. The number of nitrogens with zero attached hydrogens (tertiary/aromatic N) is 1. The van der Waals surface area contributed by atoms with Crippen molar-refractivity contribution >= 4 is 59.0 Å². The number of phenolic OH excluding ortho intramolecular Hbond substituents is 1. The van der Waals surface area contributed by atoms with Crippen molar-refractivity contribution in [2.45, 2.75) is 0 Å². The Morgan fingerprint density at radius 1 is 0.377 bits per heavy atom. The average Bonchev–Trinajstić information content (AvgIpc) is 3.23. The molecule has 0 radical (unpaired) electrons. The number of aromatic hydroxyl groups is 1. The van der Waals surface area contributed by atoms with Gasteiger partial charge in [0.2, 0.25) is 0 Å². The van der Waals surface area contributed by atoms with Crippen molar-refractivity contribution in [2.75, 3.05) is 0 Å². The summed E-state index contributed by atoms with van der Waals surface area (Å²) < 4.78 is 0. The Hall–Kier alpha value is -5.29. The molecule has 8 aromatic carbocycles. The molecule has 262 valence electrons. The number of phenols is 1. The normalized spacial score (nSPS) is 10.2. The minimum Gasteiger partial charge on any atom is -0.655 e. The summed E-state index contributed by atoms with van der Waals surface area (Å²) in [6.07, 6.45) is 0. The molecule has 2 nitrogen and oxygen atoms in total. The molecule has 0 aromatic heterocycles. The molecule has 0 atom stereocenters. The van der Waals surface area contributed by atoms with Crippen LogP contribution in [0.4, 0.5) is 11.4 Å². The van der Waals surface area contributed by atoms with E-state index in [1.54, 1.807) is 6.07 Å². The van der Waals surface area contributed by atoms with Crippen LogP contribution in [-0.2, 0) is 16.5 Å². The van der Waals surface area contributed by atoms with Gasteiger partial charge in [-0.1, -0.05) is 133 Å². The molecule has 0 aliphatic carbocycles. The molecule has 8 aromatic rings. The Labute approximate surface area is 326 Å². The molecule has 0 aliphatic heterocycles. The van der Waals surface area contributed by atoms with E-state index in [2.05, 4.69) is 146 Å². The summed E-state index contributed by atoms with van der Waals surface area (Å²) in [5, 5.41) is 23.0. The van der Waals surface area contributed by atoms with E-state index in [1.807, 2.05) is 84.9 Å². The van der Waals surface area contributed by atoms with Crippen LogP contribution in [0.3, 0.4) is 0 Å². The molecule has 0 saturated heterocycles. The van der Waals surface area contributed by atoms with E-state index < -0.39 is 15.8 Å². The smallest absolute Gasteiger partial charge is 0.655 e. The van der Waals surface area contributed by atoms with Crippen molar-refractivity contribution in [3.05, 3.63) is 242 Å². The standard InChI is InChI=1S/C24H19NOP.C18H15P.C6H5.Ni/c26-20-16-17-23(25-19-10-4-1-5-11-19)24(18-20)27(21-12-6-2-7-13-21)22-14-8-3-9-15-22;1-4-10-16(11-5-1)19(17-12-6-2-7-13-17)18-14-8-3-9-15-18;1-2-4-6-5-3-1;/h1-18,26H;1-15H;1-5H;/q-1;;-1;+2/p+2. The van der Waals surface area contributed by atoms with Crippen molar-refractivity contribution in [1.29, 1.82) is 0 Å². The molecule has 0 unspecified atom stereocenters. The Morgan fingerprint density at radius 2 is 0.717 bits per heavy atom. The van der Waals surface area contributed by atoms with E-state index in [4.69, 9.17) is 5.32 Å². The molecule has 0 fully saturated rings. The van der Waals surface area contributed by atoms with Crippen molar-refractivity contribution in [2.24, 2.45) is 0 Å². The SMILES string of the molecule is Oc1ccc([N-]c2ccccc2)c([PH+](c2ccccc2)c2ccccc2)c1.[Ni+2].[c-]1ccccc1.c1ccc([PH+](c2ccccc2)c2ccccc2)cc1. The van der Waals surface area contributed by atoms with Crippen LogP contribution in [0.5, 0.6) is 5.75 Å². The maximum atomic E-state index is 10.2. The largest absolute Gasteiger partial charge is 2.00 e. The summed E-state index contributed by atoms with van der Waals surface area (Å²) in [6.45, 7) is 0. The van der Waals surface area contributed by atoms with Gasteiger partial charge >= 0.3 is 16.5 Å². The van der Waals surface area contributed by atoms with Gasteiger partial charge in [0.05, 0.1) is 21.1 Å². The van der Waals surface area contributed by atoms with E-state index in [-0.39, 0.29) is 22.2 Å². The fraction of sp³-hybridized carbons (Fsp3) is 0. The number of hydrogen-bond acceptors (Lipinski definition) is 1. The zero-order chi connectivity index (χ0) is 35.6. The molecule has 53 heavy (non-hydrogen) atoms. The molecular weight excluding hydrogens is 727 g/mol. The Morgan fingerprint density at radius 3 is 1.06 bits per heavy atom. The van der Waals surface area contributed by atoms with Gasteiger partial charge < -0.3 is 10.4 Å². The quantitative estimate of drug-likeness (QED) is 0.0933. The van der Waals surface area contributed by atoms with Gasteiger partial charge in [-0.05, 0) is 66.7 Å². The average molecular weight is 769 g/mol. The zero-order valence-corrected chi connectivity index (χ0v) is 32.1. The molecule has 1 N–H and O–H groups in total. The first-order valence-corrected chi connectivity index (χ1v) is 20.3. The van der Waals surface area contributed by atoms with Crippen molar-refractivity contribution in [1.82, 2.24) is 0 Å². The summed E-state index contributed by atoms with van der Waals surface area (Å²) in [7, 11) is -2.18. The molecule has 0 saturated carbocycles. The maximum Gasteiger partial charge on any atom is 2.00 e. The van der Waals surface area contributed by atoms with Gasteiger partial charge in [-0.25, -0.2) is 0 Å². The van der Waals surface area contributed by atoms with Gasteiger partial charge in [-0.2, -0.15) is 36.4 Å². The van der Waals surface area contributed by atoms with Gasteiger partial charge in [0, 0.05) is 6.07 Å². The topological polar surface area (TPSA) is 34.3 Å². The van der Waals surface area contributed by atoms with Crippen LogP contribution in [0.25, 0.3) is 5.32 Å². The fourth-order valence-electron chi connectivity index (χ4n) is 5.81. The second-order valence-electron chi connectivity index (χ2n) is 11.8. The van der Waals surface area contributed by atoms with Crippen LogP contribution in [0.15, 0.2) is 231 Å². The van der Waals surface area contributed by atoms with Crippen molar-refractivity contribution < 1.29 is 21.6 Å². The monoisotopic (exact) mass is 767 g/mol. The van der Waals surface area contributed by atoms with Crippen LogP contribution < -0.4 is 31.8 Å². The van der Waals surface area contributed by atoms with E-state index in [0.29, 0.717) is 0 Å². The van der Waals surface area contributed by atoms with E-state index in [1.165, 1.54) is 26.5 Å². The van der Waals surface area contributed by atoms with Crippen LogP contribution in [-0.4, -0.2) is 5.11 Å². The molecule has 0 bridgehead atoms. The van der Waals surface area contributed by atoms with E-state index in [9.17, 15) is 5.11 Å². The molecule has 0 spiro atoms. The van der Waals surface area contributed by atoms with Crippen LogP contribution in [0.1, 0.15) is 0 Å². The predicted octanol–water partition coefficient (Wildman–Crippen LogP) is 9.88. The number of rotatable bonds is 8. The second-order valence-corrected chi connectivity index (χ2v) is 16.7. The van der Waals surface area contributed by atoms with E-state index >= 15 is 0 Å². The number of para-hydroxylation sites is 1. The molecule has 8 rings (SSSR count). The Balaban J connectivity index is 0.000000180. The summed E-state index contributed by atoms with van der Waals surface area (Å²) >= 11 is 0. The summed E-state index contributed by atoms with van der Waals surface area (Å²) in [4.78, 5) is 0. The van der Waals surface area contributed by atoms with Crippen molar-refractivity contribution in [3.63, 3.8) is 0 Å². The molecular formula is C48H41NNiOP2+2. The minimum atomic E-state index is -1.30. The Bertz CT molecular complexity index is 2000. The first-order chi connectivity index (χ1) is 25.8. The molecule has 0 aliphatic rings. The third kappa shape index (κ3) is 11.6. The van der Waals surface area contributed by atoms with Gasteiger partial charge in [0.15, 0.2) is 0 Å². The number of hydrogen-bond donors (Lipinski definition) is 1. The number of benzene rings is 8. The third-order valence-corrected chi connectivity index (χ3v) is 13.7. The summed E-state index contributed by atoms with van der Waals surface area (Å²) in [5.74, 6) is 0.270. The third-order valence-electron chi connectivity index (χ3n) is 8.17. The summed E-state index contributed by atoms with van der Waals surface area (Å²) in [5.41, 5.74) is 1.81. The maximum absolute atomic E-state index is 10.2. The van der Waals surface area contributed by atoms with Crippen LogP contribution >= 0.6 is 15.8 Å². The zero-order valence-electron chi connectivity index (χ0n) is 29.1. The van der Waals surface area contributed by atoms with Gasteiger partial charge in [-0.3, -0.25) is 0 Å². The van der Waals surface area contributed by atoms with Gasteiger partial charge in [0.25, 0.3) is 0 Å². The first-order valence-electron chi connectivity index (χ1n) is 17.3. The van der Waals surface area contributed by atoms with Crippen LogP contribution in [0.2, 0.25) is 0 Å². The Kier molecular flexibility index (Phi) is 15.6. The van der Waals surface area contributed by atoms with Crippen LogP contribution in [0, 0.1) is 6.07 Å². The second kappa shape index (κ2) is 21.3. The molecule has 5 heteroatoms.